The lowest BCUT2D eigenvalue weighted by Gasteiger charge is -2.22. The molecule has 0 saturated carbocycles. The van der Waals surface area contributed by atoms with Gasteiger partial charge in [-0.1, -0.05) is 31.2 Å². The van der Waals surface area contributed by atoms with Gasteiger partial charge in [-0.2, -0.15) is 0 Å². The van der Waals surface area contributed by atoms with Crippen LogP contribution in [-0.4, -0.2) is 34.2 Å². The number of methoxy groups -OCH3 is 1. The molecule has 2 rings (SSSR count). The Bertz CT molecular complexity index is 862. The number of anilines is 1. The Kier molecular flexibility index (Phi) is 7.87. The molecule has 7 heteroatoms. The van der Waals surface area contributed by atoms with E-state index in [2.05, 4.69) is 5.32 Å². The molecule has 0 heterocycles. The summed E-state index contributed by atoms with van der Waals surface area (Å²) in [7, 11) is -1.80. The highest BCUT2D eigenvalue weighted by molar-refractivity contribution is 7.92. The van der Waals surface area contributed by atoms with Crippen LogP contribution in [0.15, 0.2) is 48.5 Å². The van der Waals surface area contributed by atoms with Crippen LogP contribution in [0.1, 0.15) is 30.9 Å². The molecule has 0 aliphatic carbocycles. The molecular weight excluding hydrogens is 376 g/mol. The largest absolute Gasteiger partial charge is 0.497 e. The minimum absolute atomic E-state index is 0.106. The molecule has 0 aromatic heterocycles. The quantitative estimate of drug-likeness (QED) is 0.660. The number of rotatable bonds is 10. The first-order valence-corrected chi connectivity index (χ1v) is 11.1. The van der Waals surface area contributed by atoms with Crippen LogP contribution in [0, 0.1) is 0 Å². The van der Waals surface area contributed by atoms with E-state index >= 15 is 0 Å². The van der Waals surface area contributed by atoms with Crippen molar-refractivity contribution < 1.29 is 17.9 Å². The lowest BCUT2D eigenvalue weighted by Crippen LogP contribution is -2.32. The molecule has 152 valence electrons. The molecule has 0 radical (unpaired) electrons. The number of amides is 1. The van der Waals surface area contributed by atoms with Gasteiger partial charge < -0.3 is 10.1 Å². The zero-order chi connectivity index (χ0) is 20.6. The van der Waals surface area contributed by atoms with E-state index in [4.69, 9.17) is 4.74 Å². The average Bonchev–Trinajstić information content (AvgIpc) is 2.69. The van der Waals surface area contributed by atoms with Gasteiger partial charge in [0.15, 0.2) is 0 Å². The van der Waals surface area contributed by atoms with Crippen molar-refractivity contribution in [3.05, 3.63) is 59.7 Å². The fraction of sp³-hybridized carbons (Fsp3) is 0.381. The minimum Gasteiger partial charge on any atom is -0.497 e. The van der Waals surface area contributed by atoms with Gasteiger partial charge in [-0.3, -0.25) is 9.10 Å². The summed E-state index contributed by atoms with van der Waals surface area (Å²) in [5, 5.41) is 2.86. The van der Waals surface area contributed by atoms with Crippen LogP contribution in [0.25, 0.3) is 0 Å². The number of carbonyl (C=O) groups excluding carboxylic acids is 1. The first kappa shape index (κ1) is 21.8. The highest BCUT2D eigenvalue weighted by atomic mass is 32.2. The van der Waals surface area contributed by atoms with Crippen molar-refractivity contribution in [1.29, 1.82) is 0 Å². The maximum absolute atomic E-state index is 12.1. The van der Waals surface area contributed by atoms with Crippen molar-refractivity contribution >= 4 is 21.6 Å². The number of sulfonamides is 1. The molecule has 0 atom stereocenters. The highest BCUT2D eigenvalue weighted by Gasteiger charge is 2.17. The first-order valence-electron chi connectivity index (χ1n) is 9.29. The topological polar surface area (TPSA) is 75.7 Å². The molecule has 0 saturated heterocycles. The van der Waals surface area contributed by atoms with Gasteiger partial charge in [-0.15, -0.1) is 0 Å². The molecule has 28 heavy (non-hydrogen) atoms. The molecule has 0 spiro atoms. The number of nitrogens with one attached hydrogen (secondary N) is 1. The molecule has 0 aliphatic rings. The summed E-state index contributed by atoms with van der Waals surface area (Å²) < 4.78 is 30.7. The maximum atomic E-state index is 12.1. The van der Waals surface area contributed by atoms with Crippen LogP contribution in [0.5, 0.6) is 5.75 Å². The Balaban J connectivity index is 1.86. The number of ether oxygens (including phenoxy) is 1. The number of benzene rings is 2. The van der Waals surface area contributed by atoms with Crippen molar-refractivity contribution in [1.82, 2.24) is 5.32 Å². The van der Waals surface area contributed by atoms with Gasteiger partial charge in [0.05, 0.1) is 19.1 Å². The van der Waals surface area contributed by atoms with E-state index in [1.54, 1.807) is 7.11 Å². The van der Waals surface area contributed by atoms with Gasteiger partial charge in [0.2, 0.25) is 15.9 Å². The zero-order valence-electron chi connectivity index (χ0n) is 16.6. The van der Waals surface area contributed by atoms with Gasteiger partial charge >= 0.3 is 0 Å². The molecule has 2 aromatic carbocycles. The lowest BCUT2D eigenvalue weighted by atomic mass is 10.1. The second-order valence-electron chi connectivity index (χ2n) is 6.58. The van der Waals surface area contributed by atoms with E-state index in [0.29, 0.717) is 18.7 Å². The SMILES string of the molecule is CCc1ccc(N(CCCC(=O)NCc2ccc(OC)cc2)S(C)(=O)=O)cc1. The van der Waals surface area contributed by atoms with Gasteiger partial charge in [0.25, 0.3) is 0 Å². The molecule has 0 unspecified atom stereocenters. The Morgan fingerprint density at radius 2 is 1.64 bits per heavy atom. The summed E-state index contributed by atoms with van der Waals surface area (Å²) in [5.74, 6) is 0.661. The standard InChI is InChI=1S/C21H28N2O4S/c1-4-17-7-11-19(12-8-17)23(28(3,25)26)15-5-6-21(24)22-16-18-9-13-20(27-2)14-10-18/h7-14H,4-6,15-16H2,1-3H3,(H,22,24). The third-order valence-electron chi connectivity index (χ3n) is 4.45. The van der Waals surface area contributed by atoms with Crippen LogP contribution in [0.2, 0.25) is 0 Å². The first-order chi connectivity index (χ1) is 13.3. The lowest BCUT2D eigenvalue weighted by molar-refractivity contribution is -0.121. The van der Waals surface area contributed by atoms with Crippen LogP contribution in [0.4, 0.5) is 5.69 Å². The van der Waals surface area contributed by atoms with Crippen molar-refractivity contribution in [2.75, 3.05) is 24.2 Å². The van der Waals surface area contributed by atoms with E-state index in [9.17, 15) is 13.2 Å². The molecule has 2 aromatic rings. The highest BCUT2D eigenvalue weighted by Crippen LogP contribution is 2.19. The van der Waals surface area contributed by atoms with E-state index < -0.39 is 10.0 Å². The van der Waals surface area contributed by atoms with Crippen LogP contribution in [-0.2, 0) is 27.8 Å². The smallest absolute Gasteiger partial charge is 0.232 e. The monoisotopic (exact) mass is 404 g/mol. The van der Waals surface area contributed by atoms with Crippen LogP contribution >= 0.6 is 0 Å². The minimum atomic E-state index is -3.41. The van der Waals surface area contributed by atoms with Crippen LogP contribution < -0.4 is 14.4 Å². The fourth-order valence-electron chi connectivity index (χ4n) is 2.80. The summed E-state index contributed by atoms with van der Waals surface area (Å²) in [4.78, 5) is 12.1. The summed E-state index contributed by atoms with van der Waals surface area (Å²) in [6, 6.07) is 14.9. The zero-order valence-corrected chi connectivity index (χ0v) is 17.5. The molecule has 0 aliphatic heterocycles. The average molecular weight is 405 g/mol. The predicted octanol–water partition coefficient (Wildman–Crippen LogP) is 3.12. The Hall–Kier alpha value is -2.54. The van der Waals surface area contributed by atoms with Gasteiger partial charge in [-0.25, -0.2) is 8.42 Å². The predicted molar refractivity (Wildman–Crippen MR) is 112 cm³/mol. The second-order valence-corrected chi connectivity index (χ2v) is 8.49. The fourth-order valence-corrected chi connectivity index (χ4v) is 3.77. The maximum Gasteiger partial charge on any atom is 0.232 e. The molecule has 0 fully saturated rings. The third-order valence-corrected chi connectivity index (χ3v) is 5.64. The van der Waals surface area contributed by atoms with Crippen LogP contribution in [0.3, 0.4) is 0 Å². The Labute approximate surface area is 167 Å². The third kappa shape index (κ3) is 6.56. The number of nitrogens with zero attached hydrogens (tertiary/aromatic N) is 1. The van der Waals surface area contributed by atoms with Gasteiger partial charge in [-0.05, 0) is 48.2 Å². The number of hydrogen-bond acceptors (Lipinski definition) is 4. The van der Waals surface area contributed by atoms with E-state index in [1.807, 2.05) is 55.5 Å². The summed E-state index contributed by atoms with van der Waals surface area (Å²) in [5.41, 5.74) is 2.75. The van der Waals surface area contributed by atoms with Gasteiger partial charge in [0.1, 0.15) is 5.75 Å². The normalized spacial score (nSPS) is 11.1. The summed E-state index contributed by atoms with van der Waals surface area (Å²) in [6.45, 7) is 2.74. The second kappa shape index (κ2) is 10.1. The number of carbonyl (C=O) groups is 1. The number of aryl methyl sites for hydroxylation is 1. The Morgan fingerprint density at radius 1 is 1.04 bits per heavy atom. The number of hydrogen-bond donors (Lipinski definition) is 1. The van der Waals surface area contributed by atoms with Crippen molar-refractivity contribution in [2.45, 2.75) is 32.7 Å². The van der Waals surface area contributed by atoms with Gasteiger partial charge in [0, 0.05) is 19.5 Å². The van der Waals surface area contributed by atoms with E-state index in [1.165, 1.54) is 10.6 Å². The molecule has 1 amide bonds. The molecule has 6 nitrogen and oxygen atoms in total. The van der Waals surface area contributed by atoms with E-state index in [-0.39, 0.29) is 18.9 Å². The van der Waals surface area contributed by atoms with Crippen molar-refractivity contribution in [3.8, 4) is 5.75 Å². The molecule has 1 N–H and O–H groups in total. The summed E-state index contributed by atoms with van der Waals surface area (Å²) in [6.07, 6.45) is 2.78. The van der Waals surface area contributed by atoms with Crippen molar-refractivity contribution in [3.63, 3.8) is 0 Å². The molecular formula is C21H28N2O4S. The summed E-state index contributed by atoms with van der Waals surface area (Å²) >= 11 is 0. The van der Waals surface area contributed by atoms with E-state index in [0.717, 1.165) is 23.3 Å². The Morgan fingerprint density at radius 3 is 2.18 bits per heavy atom. The van der Waals surface area contributed by atoms with Crippen molar-refractivity contribution in [2.24, 2.45) is 0 Å². The molecule has 0 bridgehead atoms.